The third-order valence-corrected chi connectivity index (χ3v) is 2.99. The van der Waals surface area contributed by atoms with Crippen LogP contribution in [-0.2, 0) is 16.1 Å². The molecule has 1 aromatic rings. The van der Waals surface area contributed by atoms with Gasteiger partial charge in [0.1, 0.15) is 6.04 Å². The van der Waals surface area contributed by atoms with E-state index in [2.05, 4.69) is 29.4 Å². The van der Waals surface area contributed by atoms with E-state index in [1.165, 1.54) is 12.7 Å². The summed E-state index contributed by atoms with van der Waals surface area (Å²) in [6.45, 7) is 2.72. The number of hydrogen-bond donors (Lipinski definition) is 2. The number of carbonyl (C=O) groups excluding carboxylic acids is 1. The van der Waals surface area contributed by atoms with Gasteiger partial charge in [-0.15, -0.1) is 0 Å². The lowest BCUT2D eigenvalue weighted by Crippen LogP contribution is -2.44. The van der Waals surface area contributed by atoms with Crippen molar-refractivity contribution in [2.24, 2.45) is 5.73 Å². The molecule has 1 aromatic carbocycles. The number of amides is 1. The number of carbonyl (C=O) groups is 1. The first-order valence-electron chi connectivity index (χ1n) is 6.88. The highest BCUT2D eigenvalue weighted by molar-refractivity contribution is 5.81. The monoisotopic (exact) mass is 279 g/mol. The standard InChI is InChI=1S/C15H25N3O2/c1-18(11-13-7-4-3-5-8-13)10-6-9-17-15(19)14(16)12-20-2/h3-5,7-8,14H,6,9-12,16H2,1-2H3,(H,17,19). The van der Waals surface area contributed by atoms with Gasteiger partial charge in [-0.1, -0.05) is 30.3 Å². The summed E-state index contributed by atoms with van der Waals surface area (Å²) in [7, 11) is 3.61. The van der Waals surface area contributed by atoms with E-state index in [0.717, 1.165) is 19.5 Å². The fraction of sp³-hybridized carbons (Fsp3) is 0.533. The maximum atomic E-state index is 11.5. The molecular formula is C15H25N3O2. The number of methoxy groups -OCH3 is 1. The van der Waals surface area contributed by atoms with Crippen LogP contribution in [0.3, 0.4) is 0 Å². The van der Waals surface area contributed by atoms with Crippen LogP contribution in [-0.4, -0.2) is 50.7 Å². The van der Waals surface area contributed by atoms with Crippen LogP contribution in [0.2, 0.25) is 0 Å². The highest BCUT2D eigenvalue weighted by Gasteiger charge is 2.11. The number of nitrogens with zero attached hydrogens (tertiary/aromatic N) is 1. The van der Waals surface area contributed by atoms with E-state index in [-0.39, 0.29) is 12.5 Å². The Kier molecular flexibility index (Phi) is 7.87. The van der Waals surface area contributed by atoms with Crippen molar-refractivity contribution in [3.63, 3.8) is 0 Å². The summed E-state index contributed by atoms with van der Waals surface area (Å²) in [4.78, 5) is 13.8. The van der Waals surface area contributed by atoms with E-state index in [0.29, 0.717) is 6.54 Å². The molecule has 0 radical (unpaired) electrons. The van der Waals surface area contributed by atoms with Crippen LogP contribution < -0.4 is 11.1 Å². The van der Waals surface area contributed by atoms with E-state index in [4.69, 9.17) is 10.5 Å². The van der Waals surface area contributed by atoms with Crippen LogP contribution in [0.4, 0.5) is 0 Å². The summed E-state index contributed by atoms with van der Waals surface area (Å²) in [6, 6.07) is 9.75. The molecule has 1 rings (SSSR count). The number of benzene rings is 1. The van der Waals surface area contributed by atoms with Crippen molar-refractivity contribution >= 4 is 5.91 Å². The van der Waals surface area contributed by atoms with Gasteiger partial charge < -0.3 is 20.7 Å². The van der Waals surface area contributed by atoms with E-state index in [1.54, 1.807) is 0 Å². The smallest absolute Gasteiger partial charge is 0.239 e. The van der Waals surface area contributed by atoms with Gasteiger partial charge >= 0.3 is 0 Å². The molecule has 5 heteroatoms. The second-order valence-corrected chi connectivity index (χ2v) is 4.93. The lowest BCUT2D eigenvalue weighted by Gasteiger charge is -2.17. The summed E-state index contributed by atoms with van der Waals surface area (Å²) in [6.07, 6.45) is 0.898. The highest BCUT2D eigenvalue weighted by atomic mass is 16.5. The molecule has 1 atom stereocenters. The predicted molar refractivity (Wildman–Crippen MR) is 80.3 cm³/mol. The minimum atomic E-state index is -0.581. The largest absolute Gasteiger partial charge is 0.383 e. The Labute approximate surface area is 121 Å². The van der Waals surface area contributed by atoms with Crippen LogP contribution in [0, 0.1) is 0 Å². The van der Waals surface area contributed by atoms with Crippen LogP contribution in [0.1, 0.15) is 12.0 Å². The summed E-state index contributed by atoms with van der Waals surface area (Å²) in [5.74, 6) is -0.155. The molecule has 0 aliphatic carbocycles. The lowest BCUT2D eigenvalue weighted by molar-refractivity contribution is -0.123. The first-order valence-corrected chi connectivity index (χ1v) is 6.88. The number of hydrogen-bond acceptors (Lipinski definition) is 4. The van der Waals surface area contributed by atoms with Crippen LogP contribution in [0.5, 0.6) is 0 Å². The molecule has 0 fully saturated rings. The van der Waals surface area contributed by atoms with Crippen LogP contribution in [0.15, 0.2) is 30.3 Å². The fourth-order valence-corrected chi connectivity index (χ4v) is 1.92. The zero-order valence-corrected chi connectivity index (χ0v) is 12.3. The van der Waals surface area contributed by atoms with Gasteiger partial charge in [0.25, 0.3) is 0 Å². The Balaban J connectivity index is 2.13. The van der Waals surface area contributed by atoms with Gasteiger partial charge in [0.15, 0.2) is 0 Å². The van der Waals surface area contributed by atoms with Crippen molar-refractivity contribution in [2.75, 3.05) is 33.9 Å². The zero-order chi connectivity index (χ0) is 14.8. The Bertz CT molecular complexity index is 384. The molecule has 0 spiro atoms. The van der Waals surface area contributed by atoms with E-state index >= 15 is 0 Å². The maximum absolute atomic E-state index is 11.5. The normalized spacial score (nSPS) is 12.4. The molecule has 0 saturated heterocycles. The molecule has 0 heterocycles. The molecule has 1 amide bonds. The fourth-order valence-electron chi connectivity index (χ4n) is 1.92. The quantitative estimate of drug-likeness (QED) is 0.650. The Morgan fingerprint density at radius 1 is 1.40 bits per heavy atom. The van der Waals surface area contributed by atoms with Crippen molar-refractivity contribution in [3.8, 4) is 0 Å². The second kappa shape index (κ2) is 9.47. The first kappa shape index (κ1) is 16.6. The van der Waals surface area contributed by atoms with Gasteiger partial charge in [0.2, 0.25) is 5.91 Å². The second-order valence-electron chi connectivity index (χ2n) is 4.93. The van der Waals surface area contributed by atoms with Crippen molar-refractivity contribution in [3.05, 3.63) is 35.9 Å². The summed E-state index contributed by atoms with van der Waals surface area (Å²) in [5, 5.41) is 2.82. The number of ether oxygens (including phenoxy) is 1. The topological polar surface area (TPSA) is 67.6 Å². The summed E-state index contributed by atoms with van der Waals surface area (Å²) < 4.78 is 4.84. The average Bonchev–Trinajstić information content (AvgIpc) is 2.44. The molecular weight excluding hydrogens is 254 g/mol. The minimum Gasteiger partial charge on any atom is -0.383 e. The summed E-state index contributed by atoms with van der Waals surface area (Å²) in [5.41, 5.74) is 6.92. The van der Waals surface area contributed by atoms with Gasteiger partial charge in [-0.05, 0) is 25.6 Å². The van der Waals surface area contributed by atoms with Gasteiger partial charge in [-0.25, -0.2) is 0 Å². The molecule has 1 unspecified atom stereocenters. The Morgan fingerprint density at radius 3 is 2.75 bits per heavy atom. The predicted octanol–water partition coefficient (Wildman–Crippen LogP) is 0.598. The van der Waals surface area contributed by atoms with Gasteiger partial charge in [-0.2, -0.15) is 0 Å². The van der Waals surface area contributed by atoms with Crippen LogP contribution >= 0.6 is 0 Å². The van der Waals surface area contributed by atoms with Crippen molar-refractivity contribution in [1.82, 2.24) is 10.2 Å². The SMILES string of the molecule is COCC(N)C(=O)NCCCN(C)Cc1ccccc1. The molecule has 0 bridgehead atoms. The minimum absolute atomic E-state index is 0.155. The zero-order valence-electron chi connectivity index (χ0n) is 12.3. The van der Waals surface area contributed by atoms with E-state index < -0.39 is 6.04 Å². The highest BCUT2D eigenvalue weighted by Crippen LogP contribution is 2.02. The Hall–Kier alpha value is -1.43. The molecule has 5 nitrogen and oxygen atoms in total. The first-order chi connectivity index (χ1) is 9.63. The third-order valence-electron chi connectivity index (χ3n) is 2.99. The van der Waals surface area contributed by atoms with Gasteiger partial charge in [-0.3, -0.25) is 4.79 Å². The average molecular weight is 279 g/mol. The van der Waals surface area contributed by atoms with Crippen LogP contribution in [0.25, 0.3) is 0 Å². The Morgan fingerprint density at radius 2 is 2.10 bits per heavy atom. The lowest BCUT2D eigenvalue weighted by atomic mass is 10.2. The van der Waals surface area contributed by atoms with Crippen molar-refractivity contribution < 1.29 is 9.53 Å². The third kappa shape index (κ3) is 6.65. The van der Waals surface area contributed by atoms with Gasteiger partial charge in [0.05, 0.1) is 6.61 Å². The molecule has 0 aliphatic rings. The van der Waals surface area contributed by atoms with Gasteiger partial charge in [0, 0.05) is 20.2 Å². The van der Waals surface area contributed by atoms with Crippen molar-refractivity contribution in [2.45, 2.75) is 19.0 Å². The van der Waals surface area contributed by atoms with Crippen molar-refractivity contribution in [1.29, 1.82) is 0 Å². The number of rotatable bonds is 9. The van der Waals surface area contributed by atoms with E-state index in [1.807, 2.05) is 18.2 Å². The molecule has 0 aliphatic heterocycles. The molecule has 0 aromatic heterocycles. The number of nitrogens with one attached hydrogen (secondary N) is 1. The summed E-state index contributed by atoms with van der Waals surface area (Å²) >= 11 is 0. The molecule has 20 heavy (non-hydrogen) atoms. The molecule has 3 N–H and O–H groups in total. The van der Waals surface area contributed by atoms with E-state index in [9.17, 15) is 4.79 Å². The molecule has 112 valence electrons. The maximum Gasteiger partial charge on any atom is 0.239 e. The molecule has 0 saturated carbocycles. The number of nitrogens with two attached hydrogens (primary N) is 1.